The smallest absolute Gasteiger partial charge is 0.409 e. The first-order chi connectivity index (χ1) is 6.72. The summed E-state index contributed by atoms with van der Waals surface area (Å²) in [5.41, 5.74) is 3.23. The van der Waals surface area contributed by atoms with Crippen LogP contribution in [0.3, 0.4) is 0 Å². The number of nitrogens with zero attached hydrogens (tertiary/aromatic N) is 2. The first-order valence-electron chi connectivity index (χ1n) is 4.58. The van der Waals surface area contributed by atoms with E-state index in [0.29, 0.717) is 13.1 Å². The quantitative estimate of drug-likeness (QED) is 0.667. The number of ether oxygens (including phenoxy) is 1. The van der Waals surface area contributed by atoms with Crippen LogP contribution in [0, 0.1) is 6.92 Å². The molecular formula is C9H13N3O2. The SMILES string of the molecule is COC(=O)N1CCc2[nH]nc(C)c2C1. The number of rotatable bonds is 0. The van der Waals surface area contributed by atoms with Crippen molar-refractivity contribution < 1.29 is 9.53 Å². The van der Waals surface area contributed by atoms with Crippen molar-refractivity contribution >= 4 is 6.09 Å². The molecule has 0 radical (unpaired) electrons. The monoisotopic (exact) mass is 195 g/mol. The number of carbonyl (C=O) groups is 1. The lowest BCUT2D eigenvalue weighted by Gasteiger charge is -2.25. The molecule has 0 saturated heterocycles. The summed E-state index contributed by atoms with van der Waals surface area (Å²) in [5, 5.41) is 7.09. The van der Waals surface area contributed by atoms with Crippen LogP contribution in [-0.4, -0.2) is 34.8 Å². The molecule has 14 heavy (non-hydrogen) atoms. The fourth-order valence-corrected chi connectivity index (χ4v) is 1.72. The van der Waals surface area contributed by atoms with Gasteiger partial charge in [0, 0.05) is 24.2 Å². The van der Waals surface area contributed by atoms with E-state index in [0.717, 1.165) is 23.4 Å². The summed E-state index contributed by atoms with van der Waals surface area (Å²) >= 11 is 0. The van der Waals surface area contributed by atoms with E-state index in [1.165, 1.54) is 7.11 Å². The maximum atomic E-state index is 11.3. The molecule has 2 heterocycles. The fourth-order valence-electron chi connectivity index (χ4n) is 1.72. The molecule has 0 saturated carbocycles. The van der Waals surface area contributed by atoms with Crippen molar-refractivity contribution in [3.8, 4) is 0 Å². The van der Waals surface area contributed by atoms with Gasteiger partial charge in [-0.15, -0.1) is 0 Å². The van der Waals surface area contributed by atoms with Crippen molar-refractivity contribution in [2.45, 2.75) is 19.9 Å². The van der Waals surface area contributed by atoms with Gasteiger partial charge in [-0.25, -0.2) is 4.79 Å². The fraction of sp³-hybridized carbons (Fsp3) is 0.556. The lowest BCUT2D eigenvalue weighted by atomic mass is 10.1. The van der Waals surface area contributed by atoms with Gasteiger partial charge in [-0.05, 0) is 6.92 Å². The highest BCUT2D eigenvalue weighted by atomic mass is 16.5. The first kappa shape index (κ1) is 9.05. The number of methoxy groups -OCH3 is 1. The van der Waals surface area contributed by atoms with Crippen molar-refractivity contribution in [2.75, 3.05) is 13.7 Å². The van der Waals surface area contributed by atoms with E-state index >= 15 is 0 Å². The number of carbonyl (C=O) groups excluding carboxylic acids is 1. The number of hydrogen-bond donors (Lipinski definition) is 1. The van der Waals surface area contributed by atoms with Gasteiger partial charge in [-0.1, -0.05) is 0 Å². The highest BCUT2D eigenvalue weighted by Gasteiger charge is 2.23. The van der Waals surface area contributed by atoms with Crippen LogP contribution in [0.5, 0.6) is 0 Å². The van der Waals surface area contributed by atoms with Crippen molar-refractivity contribution in [2.24, 2.45) is 0 Å². The summed E-state index contributed by atoms with van der Waals surface area (Å²) in [6.45, 7) is 3.24. The Labute approximate surface area is 82.0 Å². The molecule has 1 aliphatic heterocycles. The first-order valence-corrected chi connectivity index (χ1v) is 4.58. The van der Waals surface area contributed by atoms with E-state index in [-0.39, 0.29) is 6.09 Å². The van der Waals surface area contributed by atoms with Crippen molar-refractivity contribution in [3.05, 3.63) is 17.0 Å². The van der Waals surface area contributed by atoms with E-state index < -0.39 is 0 Å². The Morgan fingerprint density at radius 1 is 1.64 bits per heavy atom. The third kappa shape index (κ3) is 1.34. The summed E-state index contributed by atoms with van der Waals surface area (Å²) < 4.78 is 4.68. The average molecular weight is 195 g/mol. The summed E-state index contributed by atoms with van der Waals surface area (Å²) in [5.74, 6) is 0. The summed E-state index contributed by atoms with van der Waals surface area (Å²) in [4.78, 5) is 13.0. The van der Waals surface area contributed by atoms with Gasteiger partial charge in [-0.3, -0.25) is 5.10 Å². The van der Waals surface area contributed by atoms with Gasteiger partial charge in [0.15, 0.2) is 0 Å². The van der Waals surface area contributed by atoms with Crippen LogP contribution in [0.2, 0.25) is 0 Å². The Morgan fingerprint density at radius 3 is 3.14 bits per heavy atom. The zero-order valence-electron chi connectivity index (χ0n) is 8.33. The summed E-state index contributed by atoms with van der Waals surface area (Å²) in [6, 6.07) is 0. The molecule has 76 valence electrons. The largest absolute Gasteiger partial charge is 0.453 e. The average Bonchev–Trinajstić information content (AvgIpc) is 2.59. The highest BCUT2D eigenvalue weighted by molar-refractivity contribution is 5.67. The van der Waals surface area contributed by atoms with Crippen LogP contribution in [0.1, 0.15) is 17.0 Å². The molecule has 0 aliphatic carbocycles. The maximum Gasteiger partial charge on any atom is 0.409 e. The third-order valence-corrected chi connectivity index (χ3v) is 2.57. The Balaban J connectivity index is 2.20. The minimum absolute atomic E-state index is 0.267. The Kier molecular flexibility index (Phi) is 2.15. The minimum Gasteiger partial charge on any atom is -0.453 e. The van der Waals surface area contributed by atoms with Crippen LogP contribution < -0.4 is 0 Å². The Hall–Kier alpha value is -1.52. The number of aromatic nitrogens is 2. The molecule has 2 rings (SSSR count). The van der Waals surface area contributed by atoms with E-state index in [2.05, 4.69) is 14.9 Å². The van der Waals surface area contributed by atoms with Gasteiger partial charge in [0.1, 0.15) is 0 Å². The Bertz CT molecular complexity index is 359. The van der Waals surface area contributed by atoms with Crippen LogP contribution in [0.25, 0.3) is 0 Å². The van der Waals surface area contributed by atoms with Gasteiger partial charge >= 0.3 is 6.09 Å². The van der Waals surface area contributed by atoms with Gasteiger partial charge in [0.2, 0.25) is 0 Å². The minimum atomic E-state index is -0.267. The van der Waals surface area contributed by atoms with E-state index in [1.54, 1.807) is 4.90 Å². The standard InChI is InChI=1S/C9H13N3O2/c1-6-7-5-12(9(13)14-2)4-3-8(7)11-10-6/h3-5H2,1-2H3,(H,10,11). The number of amides is 1. The molecule has 0 atom stereocenters. The number of fused-ring (bicyclic) bond motifs is 1. The predicted molar refractivity (Wildman–Crippen MR) is 49.8 cm³/mol. The second-order valence-corrected chi connectivity index (χ2v) is 3.41. The molecule has 0 spiro atoms. The molecule has 1 amide bonds. The van der Waals surface area contributed by atoms with Crippen molar-refractivity contribution in [1.29, 1.82) is 0 Å². The lowest BCUT2D eigenvalue weighted by Crippen LogP contribution is -2.35. The molecule has 1 aromatic heterocycles. The van der Waals surface area contributed by atoms with Gasteiger partial charge in [-0.2, -0.15) is 5.10 Å². The van der Waals surface area contributed by atoms with Crippen LogP contribution in [0.15, 0.2) is 0 Å². The maximum absolute atomic E-state index is 11.3. The van der Waals surface area contributed by atoms with E-state index in [1.807, 2.05) is 6.92 Å². The second-order valence-electron chi connectivity index (χ2n) is 3.41. The van der Waals surface area contributed by atoms with E-state index in [9.17, 15) is 4.79 Å². The van der Waals surface area contributed by atoms with E-state index in [4.69, 9.17) is 0 Å². The summed E-state index contributed by atoms with van der Waals surface area (Å²) in [7, 11) is 1.40. The molecule has 1 aliphatic rings. The molecule has 0 unspecified atom stereocenters. The molecule has 1 N–H and O–H groups in total. The number of nitrogens with one attached hydrogen (secondary N) is 1. The molecule has 1 aromatic rings. The molecule has 0 aromatic carbocycles. The number of aryl methyl sites for hydroxylation is 1. The van der Waals surface area contributed by atoms with Crippen LogP contribution in [0.4, 0.5) is 4.79 Å². The van der Waals surface area contributed by atoms with Gasteiger partial charge in [0.25, 0.3) is 0 Å². The van der Waals surface area contributed by atoms with Crippen molar-refractivity contribution in [1.82, 2.24) is 15.1 Å². The topological polar surface area (TPSA) is 58.2 Å². The third-order valence-electron chi connectivity index (χ3n) is 2.57. The predicted octanol–water partition coefficient (Wildman–Crippen LogP) is 0.843. The molecule has 5 heteroatoms. The highest BCUT2D eigenvalue weighted by Crippen LogP contribution is 2.19. The zero-order chi connectivity index (χ0) is 10.1. The number of H-pyrrole nitrogens is 1. The summed E-state index contributed by atoms with van der Waals surface area (Å²) in [6.07, 6.45) is 0.557. The number of hydrogen-bond acceptors (Lipinski definition) is 3. The molecule has 5 nitrogen and oxygen atoms in total. The number of aromatic amines is 1. The lowest BCUT2D eigenvalue weighted by molar-refractivity contribution is 0.118. The van der Waals surface area contributed by atoms with Crippen LogP contribution in [-0.2, 0) is 17.7 Å². The van der Waals surface area contributed by atoms with Gasteiger partial charge < -0.3 is 9.64 Å². The molecule has 0 bridgehead atoms. The molecule has 0 fully saturated rings. The van der Waals surface area contributed by atoms with Crippen LogP contribution >= 0.6 is 0 Å². The zero-order valence-corrected chi connectivity index (χ0v) is 8.33. The Morgan fingerprint density at radius 2 is 2.43 bits per heavy atom. The van der Waals surface area contributed by atoms with Crippen molar-refractivity contribution in [3.63, 3.8) is 0 Å². The van der Waals surface area contributed by atoms with Gasteiger partial charge in [0.05, 0.1) is 19.3 Å². The normalized spacial score (nSPS) is 15.1. The molecular weight excluding hydrogens is 182 g/mol. The second kappa shape index (κ2) is 3.32.